The highest BCUT2D eigenvalue weighted by molar-refractivity contribution is 14.0. The molecular weight excluding hydrogens is 417 g/mol. The van der Waals surface area contributed by atoms with Crippen LogP contribution in [0, 0.1) is 5.92 Å². The summed E-state index contributed by atoms with van der Waals surface area (Å²) in [5.41, 5.74) is 0.981. The first-order valence-corrected chi connectivity index (χ1v) is 8.65. The smallest absolute Gasteiger partial charge is 0.191 e. The number of nitrogens with one attached hydrogen (secondary N) is 2. The number of nitrogens with zero attached hydrogens (tertiary/aromatic N) is 3. The van der Waals surface area contributed by atoms with E-state index < -0.39 is 0 Å². The van der Waals surface area contributed by atoms with Crippen molar-refractivity contribution >= 4 is 29.9 Å². The monoisotopic (exact) mass is 449 g/mol. The molecule has 138 valence electrons. The molecular formula is C17H32IN5O. The fourth-order valence-corrected chi connectivity index (χ4v) is 2.63. The van der Waals surface area contributed by atoms with Crippen LogP contribution in [0.4, 0.5) is 0 Å². The van der Waals surface area contributed by atoms with Gasteiger partial charge in [-0.2, -0.15) is 0 Å². The van der Waals surface area contributed by atoms with Crippen LogP contribution in [-0.4, -0.2) is 49.2 Å². The number of rotatable bonds is 8. The van der Waals surface area contributed by atoms with E-state index in [1.54, 1.807) is 0 Å². The number of hydrogen-bond donors (Lipinski definition) is 2. The van der Waals surface area contributed by atoms with E-state index in [-0.39, 0.29) is 24.0 Å². The number of aromatic nitrogens is 1. The predicted molar refractivity (Wildman–Crippen MR) is 109 cm³/mol. The zero-order chi connectivity index (χ0) is 16.8. The van der Waals surface area contributed by atoms with E-state index >= 15 is 0 Å². The normalized spacial score (nSPS) is 16.2. The molecule has 1 fully saturated rings. The lowest BCUT2D eigenvalue weighted by Gasteiger charge is -2.25. The van der Waals surface area contributed by atoms with Crippen LogP contribution >= 0.6 is 24.0 Å². The van der Waals surface area contributed by atoms with Crippen LogP contribution in [0.15, 0.2) is 15.6 Å². The molecule has 2 rings (SSSR count). The van der Waals surface area contributed by atoms with Crippen molar-refractivity contribution in [1.82, 2.24) is 20.7 Å². The maximum atomic E-state index is 5.35. The van der Waals surface area contributed by atoms with E-state index in [1.165, 1.54) is 12.8 Å². The summed E-state index contributed by atoms with van der Waals surface area (Å²) in [5, 5.41) is 10.8. The zero-order valence-corrected chi connectivity index (χ0v) is 17.8. The average molecular weight is 449 g/mol. The Morgan fingerprint density at radius 2 is 2.08 bits per heavy atom. The summed E-state index contributed by atoms with van der Waals surface area (Å²) in [6.45, 7) is 8.55. The van der Waals surface area contributed by atoms with E-state index in [4.69, 9.17) is 4.52 Å². The minimum absolute atomic E-state index is 0. The maximum Gasteiger partial charge on any atom is 0.191 e. The summed E-state index contributed by atoms with van der Waals surface area (Å²) in [5.74, 6) is 2.84. The summed E-state index contributed by atoms with van der Waals surface area (Å²) in [4.78, 5) is 6.91. The molecule has 0 bridgehead atoms. The fourth-order valence-electron chi connectivity index (χ4n) is 2.63. The van der Waals surface area contributed by atoms with Crippen molar-refractivity contribution in [2.24, 2.45) is 10.9 Å². The second kappa shape index (κ2) is 10.2. The van der Waals surface area contributed by atoms with Gasteiger partial charge in [-0.05, 0) is 45.7 Å². The number of likely N-dealkylation sites (N-methyl/N-ethyl adjacent to an activating group) is 1. The lowest BCUT2D eigenvalue weighted by atomic mass is 10.1. The first kappa shape index (κ1) is 21.2. The Kier molecular flexibility index (Phi) is 9.04. The zero-order valence-electron chi connectivity index (χ0n) is 15.5. The molecule has 1 aliphatic carbocycles. The van der Waals surface area contributed by atoms with Crippen LogP contribution in [-0.2, 0) is 6.54 Å². The van der Waals surface area contributed by atoms with E-state index in [2.05, 4.69) is 60.5 Å². The molecule has 0 spiro atoms. The summed E-state index contributed by atoms with van der Waals surface area (Å²) < 4.78 is 5.35. The molecule has 0 amide bonds. The summed E-state index contributed by atoms with van der Waals surface area (Å²) in [6.07, 6.45) is 2.68. The molecule has 2 N–H and O–H groups in total. The van der Waals surface area contributed by atoms with Crippen molar-refractivity contribution in [3.05, 3.63) is 17.5 Å². The van der Waals surface area contributed by atoms with Crippen molar-refractivity contribution in [2.45, 2.75) is 52.1 Å². The first-order chi connectivity index (χ1) is 11.0. The standard InChI is InChI=1S/C17H31N5O.HI/c1-6-18-17(20-11-16(22(4)5)13-7-8-13)19-10-14-9-15(12(2)3)21-23-14;/h9,12-13,16H,6-8,10-11H2,1-5H3,(H2,18,19,20);1H. The van der Waals surface area contributed by atoms with Gasteiger partial charge < -0.3 is 20.1 Å². The summed E-state index contributed by atoms with van der Waals surface area (Å²) in [7, 11) is 4.30. The Morgan fingerprint density at radius 3 is 2.58 bits per heavy atom. The lowest BCUT2D eigenvalue weighted by Crippen LogP contribution is -2.46. The highest BCUT2D eigenvalue weighted by atomic mass is 127. The molecule has 1 aliphatic rings. The predicted octanol–water partition coefficient (Wildman–Crippen LogP) is 2.81. The van der Waals surface area contributed by atoms with Crippen molar-refractivity contribution in [3.8, 4) is 0 Å². The number of guanidine groups is 1. The van der Waals surface area contributed by atoms with Crippen LogP contribution < -0.4 is 10.6 Å². The van der Waals surface area contributed by atoms with Gasteiger partial charge in [0, 0.05) is 25.2 Å². The second-order valence-corrected chi connectivity index (χ2v) is 6.82. The molecule has 0 saturated heterocycles. The van der Waals surface area contributed by atoms with Crippen LogP contribution in [0.2, 0.25) is 0 Å². The van der Waals surface area contributed by atoms with Gasteiger partial charge in [-0.15, -0.1) is 24.0 Å². The number of hydrogen-bond acceptors (Lipinski definition) is 4. The Labute approximate surface area is 162 Å². The molecule has 24 heavy (non-hydrogen) atoms. The molecule has 1 aromatic rings. The molecule has 1 atom stereocenters. The van der Waals surface area contributed by atoms with Gasteiger partial charge >= 0.3 is 0 Å². The van der Waals surface area contributed by atoms with Crippen molar-refractivity contribution in [3.63, 3.8) is 0 Å². The van der Waals surface area contributed by atoms with Gasteiger partial charge in [0.25, 0.3) is 0 Å². The molecule has 0 aromatic carbocycles. The van der Waals surface area contributed by atoms with Crippen LogP contribution in [0.3, 0.4) is 0 Å². The van der Waals surface area contributed by atoms with Gasteiger partial charge in [0.2, 0.25) is 0 Å². The Bertz CT molecular complexity index is 509. The van der Waals surface area contributed by atoms with Crippen molar-refractivity contribution in [1.29, 1.82) is 0 Å². The van der Waals surface area contributed by atoms with Crippen LogP contribution in [0.25, 0.3) is 0 Å². The molecule has 1 aromatic heterocycles. The molecule has 7 heteroatoms. The molecule has 0 radical (unpaired) electrons. The van der Waals surface area contributed by atoms with Crippen LogP contribution in [0.1, 0.15) is 51.0 Å². The highest BCUT2D eigenvalue weighted by Gasteiger charge is 2.32. The van der Waals surface area contributed by atoms with E-state index in [0.29, 0.717) is 18.5 Å². The molecule has 1 unspecified atom stereocenters. The van der Waals surface area contributed by atoms with Crippen LogP contribution in [0.5, 0.6) is 0 Å². The third-order valence-electron chi connectivity index (χ3n) is 4.21. The maximum absolute atomic E-state index is 5.35. The minimum atomic E-state index is 0. The van der Waals surface area contributed by atoms with E-state index in [0.717, 1.165) is 36.4 Å². The van der Waals surface area contributed by atoms with Gasteiger partial charge in [-0.1, -0.05) is 19.0 Å². The van der Waals surface area contributed by atoms with Gasteiger partial charge in [0.15, 0.2) is 11.7 Å². The third kappa shape index (κ3) is 6.58. The Hall–Kier alpha value is -0.830. The number of halogens is 1. The lowest BCUT2D eigenvalue weighted by molar-refractivity contribution is 0.264. The Balaban J connectivity index is 0.00000288. The van der Waals surface area contributed by atoms with E-state index in [1.807, 2.05) is 6.07 Å². The van der Waals surface area contributed by atoms with Crippen molar-refractivity contribution < 1.29 is 4.52 Å². The van der Waals surface area contributed by atoms with Crippen molar-refractivity contribution in [2.75, 3.05) is 27.2 Å². The van der Waals surface area contributed by atoms with Gasteiger partial charge in [-0.25, -0.2) is 4.99 Å². The summed E-state index contributed by atoms with van der Waals surface area (Å²) >= 11 is 0. The fraction of sp³-hybridized carbons (Fsp3) is 0.765. The van der Waals surface area contributed by atoms with Gasteiger partial charge in [0.05, 0.1) is 5.69 Å². The highest BCUT2D eigenvalue weighted by Crippen LogP contribution is 2.34. The van der Waals surface area contributed by atoms with Gasteiger partial charge in [0.1, 0.15) is 6.54 Å². The second-order valence-electron chi connectivity index (χ2n) is 6.82. The topological polar surface area (TPSA) is 65.7 Å². The first-order valence-electron chi connectivity index (χ1n) is 8.65. The largest absolute Gasteiger partial charge is 0.359 e. The number of aliphatic imine (C=N–C) groups is 1. The quantitative estimate of drug-likeness (QED) is 0.363. The summed E-state index contributed by atoms with van der Waals surface area (Å²) in [6, 6.07) is 2.56. The minimum Gasteiger partial charge on any atom is -0.359 e. The molecule has 6 nitrogen and oxygen atoms in total. The molecule has 0 aliphatic heterocycles. The van der Waals surface area contributed by atoms with Gasteiger partial charge in [-0.3, -0.25) is 0 Å². The Morgan fingerprint density at radius 1 is 1.38 bits per heavy atom. The molecule has 1 saturated carbocycles. The van der Waals surface area contributed by atoms with E-state index in [9.17, 15) is 0 Å². The third-order valence-corrected chi connectivity index (χ3v) is 4.21. The SMILES string of the molecule is CCNC(=NCc1cc(C(C)C)no1)NCC(C1CC1)N(C)C.I. The molecule has 1 heterocycles. The average Bonchev–Trinajstić information content (AvgIpc) is 3.21.